The molecule has 2 aliphatic rings. The SMILES string of the molecule is CCc1cccc2c(CC(=O)N3CCC4(CC3)NC(=O)C(CC)O4)c[nH]c12. The van der Waals surface area contributed by atoms with Crippen molar-refractivity contribution in [3.63, 3.8) is 0 Å². The second-order valence-corrected chi connectivity index (χ2v) is 7.56. The molecule has 1 spiro atoms. The number of hydrogen-bond donors (Lipinski definition) is 2. The van der Waals surface area contributed by atoms with E-state index in [4.69, 9.17) is 4.74 Å². The van der Waals surface area contributed by atoms with Crippen LogP contribution in [-0.2, 0) is 27.2 Å². The van der Waals surface area contributed by atoms with Gasteiger partial charge in [0.05, 0.1) is 6.42 Å². The lowest BCUT2D eigenvalue weighted by atomic mass is 9.99. The molecule has 3 heterocycles. The normalized spacial score (nSPS) is 21.8. The maximum atomic E-state index is 12.8. The summed E-state index contributed by atoms with van der Waals surface area (Å²) in [5, 5.41) is 4.14. The highest BCUT2D eigenvalue weighted by molar-refractivity contribution is 5.90. The van der Waals surface area contributed by atoms with Gasteiger partial charge in [0.1, 0.15) is 11.8 Å². The van der Waals surface area contributed by atoms with Gasteiger partial charge in [-0.05, 0) is 24.0 Å². The van der Waals surface area contributed by atoms with Crippen molar-refractivity contribution in [2.45, 2.75) is 57.8 Å². The van der Waals surface area contributed by atoms with Gasteiger partial charge >= 0.3 is 0 Å². The number of para-hydroxylation sites is 1. The number of carbonyl (C=O) groups excluding carboxylic acids is 2. The van der Waals surface area contributed by atoms with E-state index in [1.807, 2.05) is 18.0 Å². The van der Waals surface area contributed by atoms with Gasteiger partial charge in [-0.25, -0.2) is 0 Å². The minimum atomic E-state index is -0.578. The van der Waals surface area contributed by atoms with E-state index in [0.29, 0.717) is 38.8 Å². The Labute approximate surface area is 159 Å². The average Bonchev–Trinajstić information content (AvgIpc) is 3.23. The van der Waals surface area contributed by atoms with Crippen LogP contribution in [0, 0.1) is 0 Å². The van der Waals surface area contributed by atoms with E-state index in [-0.39, 0.29) is 17.9 Å². The van der Waals surface area contributed by atoms with E-state index in [0.717, 1.165) is 22.9 Å². The number of ether oxygens (including phenoxy) is 1. The number of aromatic amines is 1. The van der Waals surface area contributed by atoms with Crippen LogP contribution in [0.15, 0.2) is 24.4 Å². The molecule has 0 saturated carbocycles. The molecule has 27 heavy (non-hydrogen) atoms. The van der Waals surface area contributed by atoms with Gasteiger partial charge < -0.3 is 19.9 Å². The molecule has 0 radical (unpaired) electrons. The number of likely N-dealkylation sites (tertiary alicyclic amines) is 1. The van der Waals surface area contributed by atoms with Gasteiger partial charge in [-0.15, -0.1) is 0 Å². The Morgan fingerprint density at radius 1 is 1.26 bits per heavy atom. The summed E-state index contributed by atoms with van der Waals surface area (Å²) in [6.07, 6.45) is 4.93. The highest BCUT2D eigenvalue weighted by Gasteiger charge is 2.46. The first-order valence-electron chi connectivity index (χ1n) is 9.90. The van der Waals surface area contributed by atoms with E-state index >= 15 is 0 Å². The zero-order valence-electron chi connectivity index (χ0n) is 16.0. The molecule has 1 unspecified atom stereocenters. The first-order valence-corrected chi connectivity index (χ1v) is 9.90. The van der Waals surface area contributed by atoms with Crippen molar-refractivity contribution in [3.8, 4) is 0 Å². The van der Waals surface area contributed by atoms with Gasteiger partial charge in [-0.1, -0.05) is 32.0 Å². The molecule has 1 atom stereocenters. The Balaban J connectivity index is 1.41. The second-order valence-electron chi connectivity index (χ2n) is 7.56. The molecule has 144 valence electrons. The summed E-state index contributed by atoms with van der Waals surface area (Å²) >= 11 is 0. The first kappa shape index (κ1) is 18.0. The molecule has 2 amide bonds. The predicted octanol–water partition coefficient (Wildman–Crippen LogP) is 2.52. The number of fused-ring (bicyclic) bond motifs is 1. The molecule has 0 aliphatic carbocycles. The van der Waals surface area contributed by atoms with Crippen molar-refractivity contribution in [3.05, 3.63) is 35.5 Å². The summed E-state index contributed by atoms with van der Waals surface area (Å²) in [4.78, 5) is 30.0. The van der Waals surface area contributed by atoms with Crippen molar-refractivity contribution < 1.29 is 14.3 Å². The van der Waals surface area contributed by atoms with Crippen LogP contribution < -0.4 is 5.32 Å². The Hall–Kier alpha value is -2.34. The number of H-pyrrole nitrogens is 1. The van der Waals surface area contributed by atoms with Crippen molar-refractivity contribution in [1.82, 2.24) is 15.2 Å². The van der Waals surface area contributed by atoms with Crippen molar-refractivity contribution in [1.29, 1.82) is 0 Å². The lowest BCUT2D eigenvalue weighted by Crippen LogP contribution is -2.53. The Morgan fingerprint density at radius 2 is 2.04 bits per heavy atom. The topological polar surface area (TPSA) is 74.4 Å². The fourth-order valence-electron chi connectivity index (χ4n) is 4.28. The van der Waals surface area contributed by atoms with Crippen LogP contribution in [0.25, 0.3) is 10.9 Å². The average molecular weight is 369 g/mol. The van der Waals surface area contributed by atoms with Crippen LogP contribution in [0.1, 0.15) is 44.2 Å². The fourth-order valence-corrected chi connectivity index (χ4v) is 4.28. The quantitative estimate of drug-likeness (QED) is 0.870. The number of amides is 2. The minimum absolute atomic E-state index is 0.0252. The van der Waals surface area contributed by atoms with Gasteiger partial charge in [-0.3, -0.25) is 9.59 Å². The van der Waals surface area contributed by atoms with E-state index in [9.17, 15) is 9.59 Å². The predicted molar refractivity (Wildman–Crippen MR) is 103 cm³/mol. The van der Waals surface area contributed by atoms with Crippen LogP contribution >= 0.6 is 0 Å². The summed E-state index contributed by atoms with van der Waals surface area (Å²) < 4.78 is 5.96. The molecule has 2 N–H and O–H groups in total. The van der Waals surface area contributed by atoms with Crippen molar-refractivity contribution in [2.24, 2.45) is 0 Å². The number of rotatable bonds is 4. The number of aromatic nitrogens is 1. The number of aryl methyl sites for hydroxylation is 1. The van der Waals surface area contributed by atoms with E-state index < -0.39 is 5.72 Å². The molecule has 1 aromatic heterocycles. The van der Waals surface area contributed by atoms with Gasteiger partial charge in [0.15, 0.2) is 0 Å². The van der Waals surface area contributed by atoms with Gasteiger partial charge in [0.25, 0.3) is 5.91 Å². The fraction of sp³-hybridized carbons (Fsp3) is 0.524. The van der Waals surface area contributed by atoms with E-state index in [1.54, 1.807) is 0 Å². The number of piperidine rings is 1. The summed E-state index contributed by atoms with van der Waals surface area (Å²) in [5.41, 5.74) is 2.87. The van der Waals surface area contributed by atoms with Crippen molar-refractivity contribution >= 4 is 22.7 Å². The summed E-state index contributed by atoms with van der Waals surface area (Å²) in [7, 11) is 0. The van der Waals surface area contributed by atoms with Crippen LogP contribution in [-0.4, -0.2) is 46.6 Å². The van der Waals surface area contributed by atoms with Gasteiger partial charge in [0, 0.05) is 43.0 Å². The number of benzene rings is 1. The number of nitrogens with one attached hydrogen (secondary N) is 2. The molecule has 4 rings (SSSR count). The monoisotopic (exact) mass is 369 g/mol. The molecule has 2 aromatic rings. The number of nitrogens with zero attached hydrogens (tertiary/aromatic N) is 1. The third-order valence-corrected chi connectivity index (χ3v) is 5.92. The molecule has 6 heteroatoms. The Bertz CT molecular complexity index is 865. The van der Waals surface area contributed by atoms with Gasteiger partial charge in [0.2, 0.25) is 5.91 Å². The lowest BCUT2D eigenvalue weighted by molar-refractivity contribution is -0.138. The minimum Gasteiger partial charge on any atom is -0.361 e. The lowest BCUT2D eigenvalue weighted by Gasteiger charge is -2.38. The number of hydrogen-bond acceptors (Lipinski definition) is 3. The van der Waals surface area contributed by atoms with Crippen LogP contribution in [0.3, 0.4) is 0 Å². The van der Waals surface area contributed by atoms with Crippen LogP contribution in [0.4, 0.5) is 0 Å². The Morgan fingerprint density at radius 3 is 2.70 bits per heavy atom. The van der Waals surface area contributed by atoms with Crippen LogP contribution in [0.2, 0.25) is 0 Å². The van der Waals surface area contributed by atoms with Crippen molar-refractivity contribution in [2.75, 3.05) is 13.1 Å². The Kier molecular flexibility index (Phi) is 4.68. The summed E-state index contributed by atoms with van der Waals surface area (Å²) in [6.45, 7) is 5.31. The first-order chi connectivity index (χ1) is 13.0. The van der Waals surface area contributed by atoms with E-state index in [1.165, 1.54) is 5.56 Å². The highest BCUT2D eigenvalue weighted by Crippen LogP contribution is 2.31. The summed E-state index contributed by atoms with van der Waals surface area (Å²) in [6, 6.07) is 6.25. The van der Waals surface area contributed by atoms with E-state index in [2.05, 4.69) is 35.4 Å². The molecule has 0 bridgehead atoms. The molecule has 2 fully saturated rings. The van der Waals surface area contributed by atoms with Gasteiger partial charge in [-0.2, -0.15) is 0 Å². The molecule has 2 aliphatic heterocycles. The number of carbonyl (C=O) groups is 2. The maximum absolute atomic E-state index is 12.8. The third kappa shape index (κ3) is 3.23. The largest absolute Gasteiger partial charge is 0.361 e. The summed E-state index contributed by atoms with van der Waals surface area (Å²) in [5.74, 6) is 0.104. The molecule has 6 nitrogen and oxygen atoms in total. The molecule has 1 aromatic carbocycles. The molecular formula is C21H27N3O3. The zero-order chi connectivity index (χ0) is 19.0. The van der Waals surface area contributed by atoms with Crippen LogP contribution in [0.5, 0.6) is 0 Å². The zero-order valence-corrected chi connectivity index (χ0v) is 16.0. The second kappa shape index (κ2) is 7.00. The maximum Gasteiger partial charge on any atom is 0.251 e. The highest BCUT2D eigenvalue weighted by atomic mass is 16.5. The molecular weight excluding hydrogens is 342 g/mol. The standard InChI is InChI=1S/C21H27N3O3/c1-3-14-6-5-7-16-15(13-22-19(14)16)12-18(25)24-10-8-21(9-11-24)23-20(26)17(4-2)27-21/h5-7,13,17,22H,3-4,8-12H2,1-2H3,(H,23,26). The smallest absolute Gasteiger partial charge is 0.251 e. The molecule has 2 saturated heterocycles. The third-order valence-electron chi connectivity index (χ3n) is 5.92.